The predicted octanol–water partition coefficient (Wildman–Crippen LogP) is 5.04. The Morgan fingerprint density at radius 3 is 0.385 bits per heavy atom. The Labute approximate surface area is 587 Å². The van der Waals surface area contributed by atoms with Gasteiger partial charge in [-0.1, -0.05) is 0 Å². The van der Waals surface area contributed by atoms with E-state index in [1.807, 2.05) is 0 Å². The van der Waals surface area contributed by atoms with Crippen molar-refractivity contribution in [3.05, 3.63) is 0 Å². The zero-order valence-electron chi connectivity index (χ0n) is 57.2. The first-order valence-electron chi connectivity index (χ1n) is 34.0. The number of rotatable bonds is 65. The fraction of sp³-hybridized carbons (Fsp3) is 0.791. The molecule has 28 nitrogen and oxygen atoms in total. The summed E-state index contributed by atoms with van der Waals surface area (Å²) in [7, 11) is 1.31. The molecule has 0 amide bonds. The van der Waals surface area contributed by atoms with Gasteiger partial charge in [-0.15, -0.1) is 0 Å². The van der Waals surface area contributed by atoms with Crippen LogP contribution in [0.2, 0.25) is 0 Å². The summed E-state index contributed by atoms with van der Waals surface area (Å²) >= 11 is 0. The molecule has 0 saturated carbocycles. The maximum Gasteiger partial charge on any atom is 1.00 e. The summed E-state index contributed by atoms with van der Waals surface area (Å²) in [4.78, 5) is 165. The van der Waals surface area contributed by atoms with Gasteiger partial charge in [-0.05, 0) is 173 Å². The van der Waals surface area contributed by atoms with E-state index in [1.54, 1.807) is 0 Å². The van der Waals surface area contributed by atoms with E-state index in [4.69, 9.17) is 56.8 Å². The Morgan fingerprint density at radius 2 is 0.281 bits per heavy atom. The third-order valence-electron chi connectivity index (χ3n) is 13.7. The van der Waals surface area contributed by atoms with E-state index in [1.165, 1.54) is 7.11 Å². The monoisotopic (exact) mass is 1380 g/mol. The van der Waals surface area contributed by atoms with Crippen LogP contribution >= 0.6 is 0 Å². The molecule has 0 unspecified atom stereocenters. The quantitative estimate of drug-likeness (QED) is 0.0333. The van der Waals surface area contributed by atoms with Gasteiger partial charge >= 0.3 is 107 Å². The molecule has 0 spiro atoms. The molecule has 0 heterocycles. The number of carboxylic acid groups (broad SMARTS) is 1. The van der Waals surface area contributed by atoms with E-state index in [9.17, 15) is 72.2 Å². The summed E-state index contributed by atoms with van der Waals surface area (Å²) < 4.78 is 66.7. The largest absolute Gasteiger partial charge is 1.00 e. The van der Waals surface area contributed by atoms with Gasteiger partial charge in [0.15, 0.2) is 0 Å². The Bertz CT molecular complexity index is 2190. The van der Waals surface area contributed by atoms with Crippen molar-refractivity contribution in [1.29, 1.82) is 0 Å². The number of carboxylic acids is 1. The zero-order valence-corrected chi connectivity index (χ0v) is 59.2. The summed E-state index contributed by atoms with van der Waals surface area (Å²) in [6.45, 7) is 2.14. The van der Waals surface area contributed by atoms with Gasteiger partial charge in [0.2, 0.25) is 0 Å². The molecule has 0 fully saturated rings. The van der Waals surface area contributed by atoms with Gasteiger partial charge in [0.05, 0.1) is 86.4 Å². The molecule has 0 saturated heterocycles. The second-order valence-electron chi connectivity index (χ2n) is 22.3. The van der Waals surface area contributed by atoms with Crippen LogP contribution < -0.4 is 34.7 Å². The molecular weight excluding hydrogens is 1280 g/mol. The first-order chi connectivity index (χ1) is 45.9. The molecule has 0 aliphatic heterocycles. The van der Waals surface area contributed by atoms with E-state index in [2.05, 4.69) is 4.74 Å². The molecular formula is C67H107NaO28. The molecule has 0 N–H and O–H groups in total. The van der Waals surface area contributed by atoms with E-state index in [-0.39, 0.29) is 229 Å². The van der Waals surface area contributed by atoms with Crippen molar-refractivity contribution < 1.29 is 163 Å². The molecule has 0 atom stereocenters. The van der Waals surface area contributed by atoms with Gasteiger partial charge in [0, 0.05) is 89.4 Å². The number of carbonyl (C=O) groups is 14. The second-order valence-corrected chi connectivity index (χ2v) is 22.3. The van der Waals surface area contributed by atoms with Gasteiger partial charge in [-0.2, -0.15) is 0 Å². The molecule has 0 aromatic heterocycles. The molecule has 96 heavy (non-hydrogen) atoms. The van der Waals surface area contributed by atoms with E-state index in [0.717, 1.165) is 0 Å². The number of ether oxygens (including phenoxy) is 13. The number of aliphatic carboxylic acids is 1. The van der Waals surface area contributed by atoms with E-state index < -0.39 is 53.7 Å². The van der Waals surface area contributed by atoms with Crippen LogP contribution in [0.3, 0.4) is 0 Å². The fourth-order valence-electron chi connectivity index (χ4n) is 8.20. The van der Waals surface area contributed by atoms with Crippen LogP contribution in [0.1, 0.15) is 257 Å². The first kappa shape index (κ1) is 91.6. The number of hydrogen-bond donors (Lipinski definition) is 0. The van der Waals surface area contributed by atoms with Crippen LogP contribution in [-0.2, 0) is 129 Å². The summed E-state index contributed by atoms with van der Waals surface area (Å²) in [5, 5.41) is 10.4. The third kappa shape index (κ3) is 67.6. The van der Waals surface area contributed by atoms with Crippen LogP contribution in [0.15, 0.2) is 0 Å². The van der Waals surface area contributed by atoms with Gasteiger partial charge in [0.25, 0.3) is 0 Å². The molecule has 0 aliphatic carbocycles. The molecule has 0 aromatic rings. The smallest absolute Gasteiger partial charge is 0.550 e. The van der Waals surface area contributed by atoms with Crippen molar-refractivity contribution in [3.8, 4) is 0 Å². The summed E-state index contributed by atoms with van der Waals surface area (Å²) in [6.07, 6.45) is 14.5. The van der Waals surface area contributed by atoms with E-state index in [0.29, 0.717) is 167 Å². The molecule has 0 aromatic carbocycles. The SMILES string of the molecule is COC(=O)CCCCC(=O)OCCCCOC(=O)CCCCC(=O)OCCCCOC(=O)CCCCC(=O)OCCCCOC(=O)CCCCC(=O)OCCCCOC(=O)CCCCC(=O)OCCCCOC(=O)CCCCC(=O)OCCCCOC(=O)CCCCC(=O)[O-].[Na+]. The van der Waals surface area contributed by atoms with Crippen LogP contribution in [0.5, 0.6) is 0 Å². The minimum Gasteiger partial charge on any atom is -0.550 e. The van der Waals surface area contributed by atoms with E-state index >= 15 is 0 Å². The predicted molar refractivity (Wildman–Crippen MR) is 333 cm³/mol. The van der Waals surface area contributed by atoms with Crippen molar-refractivity contribution in [3.63, 3.8) is 0 Å². The Kier molecular flexibility index (Phi) is 64.1. The fourth-order valence-corrected chi connectivity index (χ4v) is 8.20. The van der Waals surface area contributed by atoms with Crippen molar-refractivity contribution in [2.45, 2.75) is 257 Å². The molecule has 29 heteroatoms. The summed E-state index contributed by atoms with van der Waals surface area (Å²) in [5.74, 6) is -6.11. The topological polar surface area (TPSA) is 382 Å². The van der Waals surface area contributed by atoms with Gasteiger partial charge in [-0.25, -0.2) is 0 Å². The zero-order chi connectivity index (χ0) is 70.0. The number of carbonyl (C=O) groups excluding carboxylic acids is 14. The first-order valence-corrected chi connectivity index (χ1v) is 34.0. The molecule has 0 bridgehead atoms. The number of unbranched alkanes of at least 4 members (excludes halogenated alkanes) is 13. The maximum absolute atomic E-state index is 12.1. The number of hydrogen-bond acceptors (Lipinski definition) is 28. The Hall–Kier alpha value is -6.42. The van der Waals surface area contributed by atoms with Gasteiger partial charge < -0.3 is 71.5 Å². The average molecular weight is 1380 g/mol. The minimum atomic E-state index is -1.15. The normalized spacial score (nSPS) is 10.6. The molecule has 0 aliphatic rings. The average Bonchev–Trinajstić information content (AvgIpc) is 3.77. The van der Waals surface area contributed by atoms with Crippen LogP contribution in [0, 0.1) is 0 Å². The minimum absolute atomic E-state index is 0. The number of esters is 13. The molecule has 0 rings (SSSR count). The summed E-state index contributed by atoms with van der Waals surface area (Å²) in [5.41, 5.74) is 0. The van der Waals surface area contributed by atoms with Gasteiger partial charge in [-0.3, -0.25) is 62.3 Å². The van der Waals surface area contributed by atoms with Crippen molar-refractivity contribution in [2.75, 3.05) is 86.4 Å². The maximum atomic E-state index is 12.1. The number of methoxy groups -OCH3 is 1. The Morgan fingerprint density at radius 1 is 0.177 bits per heavy atom. The molecule has 0 radical (unpaired) electrons. The van der Waals surface area contributed by atoms with Crippen molar-refractivity contribution in [1.82, 2.24) is 0 Å². The Balaban J connectivity index is 0. The van der Waals surface area contributed by atoms with Crippen molar-refractivity contribution in [2.24, 2.45) is 0 Å². The standard InChI is InChI=1S/C67H108O28.Na/c1-83-55(70)29-4-5-31-57(72)85-43-18-19-45-87-59(74)33-8-9-35-61(76)89-47-22-23-49-91-63(78)37-12-13-39-65(80)93-51-26-27-53-95-67(82)41-15-14-40-66(81)94-52-25-24-50-92-64(79)38-11-10-36-62(77)90-48-21-20-46-88-60(75)34-7-6-32-58(73)86-44-17-16-42-84-56(71)30-3-2-28-54(68)69;/h2-53H2,1H3,(H,68,69);/q;+1/p-1. The van der Waals surface area contributed by atoms with Crippen molar-refractivity contribution >= 4 is 83.6 Å². The molecule has 544 valence electrons. The van der Waals surface area contributed by atoms with Crippen LogP contribution in [-0.4, -0.2) is 170 Å². The third-order valence-corrected chi connectivity index (χ3v) is 13.7. The van der Waals surface area contributed by atoms with Crippen LogP contribution in [0.4, 0.5) is 0 Å². The second kappa shape index (κ2) is 67.2. The van der Waals surface area contributed by atoms with Gasteiger partial charge in [0.1, 0.15) is 0 Å². The van der Waals surface area contributed by atoms with Crippen LogP contribution in [0.25, 0.3) is 0 Å². The summed E-state index contributed by atoms with van der Waals surface area (Å²) in [6, 6.07) is 0.